The Morgan fingerprint density at radius 2 is 1.27 bits per heavy atom. The number of unbranched alkanes of at least 4 members (excludes halogenated alkanes) is 12. The number of rotatable bonds is 19. The summed E-state index contributed by atoms with van der Waals surface area (Å²) in [4.78, 5) is 12.8. The molecule has 0 amide bonds. The molecule has 1 radical (unpaired) electrons. The number of aliphatic hydroxyl groups is 1. The Hall–Kier alpha value is -0.320. The SMILES string of the molecule is CCCCCCCCCCCCCCCC(=[O+])OCC[NH+](C)CCO.[Cl-]. The van der Waals surface area contributed by atoms with E-state index in [1.807, 2.05) is 7.05 Å². The number of halogens is 1. The van der Waals surface area contributed by atoms with Gasteiger partial charge in [-0.1, -0.05) is 84.0 Å². The molecule has 2 N–H and O–H groups in total. The first-order valence-electron chi connectivity index (χ1n) is 10.8. The largest absolute Gasteiger partial charge is 1.00 e. The molecule has 0 rings (SSSR count). The lowest BCUT2D eigenvalue weighted by molar-refractivity contribution is -0.880. The maximum Gasteiger partial charge on any atom is 0.574 e. The number of hydrogen-bond acceptors (Lipinski definition) is 3. The average Bonchev–Trinajstić information content (AvgIpc) is 2.59. The van der Waals surface area contributed by atoms with Gasteiger partial charge in [-0.25, -0.2) is 0 Å². The van der Waals surface area contributed by atoms with Crippen LogP contribution in [0.1, 0.15) is 96.8 Å². The summed E-state index contributed by atoms with van der Waals surface area (Å²) in [5.74, 6) is -0.0696. The Morgan fingerprint density at radius 1 is 0.808 bits per heavy atom. The molecule has 5 heteroatoms. The number of carbonyl (C=O) groups is 1. The molecule has 0 saturated heterocycles. The van der Waals surface area contributed by atoms with E-state index < -0.39 is 0 Å². The van der Waals surface area contributed by atoms with Gasteiger partial charge >= 0.3 is 5.97 Å². The van der Waals surface area contributed by atoms with Crippen LogP contribution >= 0.6 is 0 Å². The third-order valence-corrected chi connectivity index (χ3v) is 4.81. The molecule has 0 bridgehead atoms. The molecule has 26 heavy (non-hydrogen) atoms. The van der Waals surface area contributed by atoms with E-state index in [0.29, 0.717) is 19.6 Å². The van der Waals surface area contributed by atoms with E-state index >= 15 is 0 Å². The number of hydrogen-bond donors (Lipinski definition) is 2. The molecular formula is C21H44ClNO3+. The van der Waals surface area contributed by atoms with Crippen molar-refractivity contribution in [2.24, 2.45) is 0 Å². The van der Waals surface area contributed by atoms with Crippen molar-refractivity contribution in [3.8, 4) is 0 Å². The van der Waals surface area contributed by atoms with Gasteiger partial charge < -0.3 is 27.2 Å². The summed E-state index contributed by atoms with van der Waals surface area (Å²) >= 11 is 0. The number of ether oxygens (including phenoxy) is 1. The van der Waals surface area contributed by atoms with E-state index in [-0.39, 0.29) is 25.0 Å². The summed E-state index contributed by atoms with van der Waals surface area (Å²) in [5, 5.41) is 8.80. The molecular weight excluding hydrogens is 350 g/mol. The Bertz CT molecular complexity index is 290. The van der Waals surface area contributed by atoms with Crippen LogP contribution in [0.5, 0.6) is 0 Å². The van der Waals surface area contributed by atoms with Gasteiger partial charge in [0.25, 0.3) is 0 Å². The zero-order valence-corrected chi connectivity index (χ0v) is 18.1. The summed E-state index contributed by atoms with van der Waals surface area (Å²) in [5.41, 5.74) is 0. The smallest absolute Gasteiger partial charge is 0.574 e. The van der Waals surface area contributed by atoms with E-state index in [1.165, 1.54) is 75.5 Å². The second-order valence-corrected chi connectivity index (χ2v) is 7.39. The molecule has 0 heterocycles. The predicted molar refractivity (Wildman–Crippen MR) is 105 cm³/mol. The minimum absolute atomic E-state index is 0. The highest BCUT2D eigenvalue weighted by Gasteiger charge is 2.16. The number of quaternary nitrogens is 1. The van der Waals surface area contributed by atoms with Crippen molar-refractivity contribution in [3.63, 3.8) is 0 Å². The third-order valence-electron chi connectivity index (χ3n) is 4.81. The summed E-state index contributed by atoms with van der Waals surface area (Å²) in [6.45, 7) is 4.38. The molecule has 0 spiro atoms. The highest BCUT2D eigenvalue weighted by Crippen LogP contribution is 2.13. The first kappa shape index (κ1) is 27.9. The molecule has 1 atom stereocenters. The summed E-state index contributed by atoms with van der Waals surface area (Å²) < 4.78 is 5.22. The van der Waals surface area contributed by atoms with Crippen molar-refractivity contribution in [2.75, 3.05) is 33.4 Å². The monoisotopic (exact) mass is 393 g/mol. The van der Waals surface area contributed by atoms with Gasteiger partial charge in [0.2, 0.25) is 6.61 Å². The molecule has 0 aromatic heterocycles. The lowest BCUT2D eigenvalue weighted by Gasteiger charge is -2.08. The molecule has 0 fully saturated rings. The number of carbonyl (C=O) groups excluding carboxylic acids is 1. The maximum absolute atomic E-state index is 11.6. The van der Waals surface area contributed by atoms with Crippen LogP contribution in [0.4, 0.5) is 0 Å². The molecule has 0 aromatic carbocycles. The van der Waals surface area contributed by atoms with Crippen LogP contribution in [-0.2, 0) is 9.53 Å². The molecule has 0 aromatic rings. The second-order valence-electron chi connectivity index (χ2n) is 7.39. The topological polar surface area (TPSA) is 53.8 Å². The summed E-state index contributed by atoms with van der Waals surface area (Å²) in [6.07, 6.45) is 17.7. The molecule has 0 aliphatic carbocycles. The fraction of sp³-hybridized carbons (Fsp3) is 0.952. The maximum atomic E-state index is 11.6. The first-order chi connectivity index (χ1) is 12.2. The van der Waals surface area contributed by atoms with Crippen molar-refractivity contribution in [1.82, 2.24) is 0 Å². The van der Waals surface area contributed by atoms with Gasteiger partial charge in [0, 0.05) is 4.79 Å². The Labute approximate surface area is 168 Å². The number of likely N-dealkylation sites (N-methyl/N-ethyl adjacent to an activating group) is 1. The highest BCUT2D eigenvalue weighted by atomic mass is 35.5. The molecule has 4 nitrogen and oxygen atoms in total. The number of aliphatic hydroxyl groups excluding tert-OH is 1. The highest BCUT2D eigenvalue weighted by molar-refractivity contribution is 5.69. The van der Waals surface area contributed by atoms with Gasteiger partial charge in [0.1, 0.15) is 19.5 Å². The molecule has 1 unspecified atom stereocenters. The van der Waals surface area contributed by atoms with Crippen LogP contribution in [0.15, 0.2) is 0 Å². The summed E-state index contributed by atoms with van der Waals surface area (Å²) in [7, 11) is 2.00. The second kappa shape index (κ2) is 22.7. The molecule has 0 aliphatic heterocycles. The summed E-state index contributed by atoms with van der Waals surface area (Å²) in [6, 6.07) is 0. The van der Waals surface area contributed by atoms with Crippen LogP contribution < -0.4 is 17.3 Å². The van der Waals surface area contributed by atoms with Crippen LogP contribution in [0, 0.1) is 0 Å². The van der Waals surface area contributed by atoms with Gasteiger partial charge in [-0.05, 0) is 6.42 Å². The average molecular weight is 394 g/mol. The lowest BCUT2D eigenvalue weighted by atomic mass is 10.0. The van der Waals surface area contributed by atoms with E-state index in [0.717, 1.165) is 19.4 Å². The van der Waals surface area contributed by atoms with Gasteiger partial charge in [0.05, 0.1) is 13.7 Å². The van der Waals surface area contributed by atoms with Gasteiger partial charge in [0.15, 0.2) is 0 Å². The standard InChI is InChI=1S/C21H43NO3.ClH/c1-3-4-5-6-7-8-9-10-11-12-13-14-15-16-21(24)25-20-18-22(2)17-19-23;/h23H,3-20H2,1-2H3;1H/q+1;. The van der Waals surface area contributed by atoms with E-state index in [9.17, 15) is 4.79 Å². The van der Waals surface area contributed by atoms with E-state index in [2.05, 4.69) is 6.92 Å². The minimum atomic E-state index is -0.0696. The van der Waals surface area contributed by atoms with Crippen LogP contribution in [-0.4, -0.2) is 44.4 Å². The lowest BCUT2D eigenvalue weighted by Crippen LogP contribution is -3.10. The van der Waals surface area contributed by atoms with E-state index in [4.69, 9.17) is 9.84 Å². The molecule has 157 valence electrons. The van der Waals surface area contributed by atoms with Gasteiger partial charge in [-0.15, -0.1) is 0 Å². The third kappa shape index (κ3) is 21.7. The molecule has 0 saturated carbocycles. The minimum Gasteiger partial charge on any atom is -1.00 e. The van der Waals surface area contributed by atoms with Gasteiger partial charge in [-0.2, -0.15) is 0 Å². The normalized spacial score (nSPS) is 11.8. The zero-order chi connectivity index (χ0) is 18.6. The molecule has 0 aliphatic rings. The van der Waals surface area contributed by atoms with Crippen molar-refractivity contribution in [3.05, 3.63) is 0 Å². The van der Waals surface area contributed by atoms with Crippen LogP contribution in [0.3, 0.4) is 0 Å². The van der Waals surface area contributed by atoms with Crippen molar-refractivity contribution in [2.45, 2.75) is 96.8 Å². The van der Waals surface area contributed by atoms with Crippen molar-refractivity contribution in [1.29, 1.82) is 0 Å². The zero-order valence-electron chi connectivity index (χ0n) is 17.4. The number of nitrogens with one attached hydrogen (secondary N) is 1. The quantitative estimate of drug-likeness (QED) is 0.191. The van der Waals surface area contributed by atoms with Crippen molar-refractivity contribution >= 4 is 5.97 Å². The Morgan fingerprint density at radius 3 is 1.73 bits per heavy atom. The fourth-order valence-corrected chi connectivity index (χ4v) is 3.01. The Kier molecular flexibility index (Phi) is 24.4. The van der Waals surface area contributed by atoms with E-state index in [1.54, 1.807) is 0 Å². The van der Waals surface area contributed by atoms with Crippen LogP contribution in [0.2, 0.25) is 0 Å². The predicted octanol–water partition coefficient (Wildman–Crippen LogP) is 0.522. The van der Waals surface area contributed by atoms with Crippen molar-refractivity contribution < 1.29 is 31.9 Å². The van der Waals surface area contributed by atoms with Crippen LogP contribution in [0.25, 0.3) is 0 Å². The number of esters is 1. The first-order valence-corrected chi connectivity index (χ1v) is 10.8. The fourth-order valence-electron chi connectivity index (χ4n) is 3.01. The Balaban J connectivity index is 0. The van der Waals surface area contributed by atoms with Gasteiger partial charge in [-0.3, -0.25) is 0 Å².